The minimum absolute atomic E-state index is 0.0356. The summed E-state index contributed by atoms with van der Waals surface area (Å²) in [5.41, 5.74) is 12.7. The Bertz CT molecular complexity index is 852. The number of hydrogen-bond acceptors (Lipinski definition) is 7. The van der Waals surface area contributed by atoms with Gasteiger partial charge in [0, 0.05) is 17.2 Å². The molecule has 0 amide bonds. The minimum atomic E-state index is -0.825. The third-order valence-corrected chi connectivity index (χ3v) is 4.04. The molecule has 2 atom stereocenters. The van der Waals surface area contributed by atoms with E-state index in [1.54, 1.807) is 25.1 Å². The number of hydrogen-bond donors (Lipinski definition) is 2. The Morgan fingerprint density at radius 1 is 1.25 bits per heavy atom. The number of aromatic nitrogens is 2. The zero-order valence-electron chi connectivity index (χ0n) is 13.2. The van der Waals surface area contributed by atoms with E-state index in [2.05, 4.69) is 15.0 Å². The maximum atomic E-state index is 14.4. The lowest BCUT2D eigenvalue weighted by atomic mass is 9.76. The molecular weight excluding hydrogens is 313 g/mol. The Labute approximate surface area is 137 Å². The van der Waals surface area contributed by atoms with E-state index in [0.29, 0.717) is 16.8 Å². The number of anilines is 2. The van der Waals surface area contributed by atoms with Crippen molar-refractivity contribution in [3.05, 3.63) is 41.2 Å². The van der Waals surface area contributed by atoms with Crippen molar-refractivity contribution in [2.45, 2.75) is 12.8 Å². The van der Waals surface area contributed by atoms with E-state index in [-0.39, 0.29) is 17.6 Å². The molecule has 2 heterocycles. The van der Waals surface area contributed by atoms with Crippen LogP contribution < -0.4 is 11.5 Å². The van der Waals surface area contributed by atoms with Gasteiger partial charge in [-0.25, -0.2) is 9.38 Å². The monoisotopic (exact) mass is 329 g/mol. The highest BCUT2D eigenvalue weighted by Gasteiger charge is 2.41. The summed E-state index contributed by atoms with van der Waals surface area (Å²) in [6, 6.07) is 6.16. The molecule has 1 aromatic carbocycles. The van der Waals surface area contributed by atoms with E-state index in [0.717, 1.165) is 0 Å². The maximum absolute atomic E-state index is 14.4. The van der Waals surface area contributed by atoms with Gasteiger partial charge < -0.3 is 16.2 Å². The van der Waals surface area contributed by atoms with Crippen molar-refractivity contribution in [3.63, 3.8) is 0 Å². The predicted octanol–water partition coefficient (Wildman–Crippen LogP) is 1.81. The predicted molar refractivity (Wildman–Crippen MR) is 87.4 cm³/mol. The number of nitrogens with zero attached hydrogens (tertiary/aromatic N) is 3. The standard InChI is InChI=1S/C16H16FN5O2/c1-7-10(15(23)24-2)11(8-5-3-4-6-9(8)17)12-13(18)21-16(19)22-14(12)20-7/h3-6,10-11H,1-2H3,(H4,18,19,21,22). The first-order valence-electron chi connectivity index (χ1n) is 7.24. The minimum Gasteiger partial charge on any atom is -0.468 e. The van der Waals surface area contributed by atoms with Gasteiger partial charge in [0.15, 0.2) is 5.82 Å². The molecule has 4 N–H and O–H groups in total. The van der Waals surface area contributed by atoms with Gasteiger partial charge in [-0.3, -0.25) is 4.79 Å². The Balaban J connectivity index is 2.31. The summed E-state index contributed by atoms with van der Waals surface area (Å²) in [4.78, 5) is 24.6. The quantitative estimate of drug-likeness (QED) is 0.812. The van der Waals surface area contributed by atoms with Crippen molar-refractivity contribution in [2.24, 2.45) is 10.9 Å². The summed E-state index contributed by atoms with van der Waals surface area (Å²) >= 11 is 0. The average Bonchev–Trinajstić information content (AvgIpc) is 2.53. The number of methoxy groups -OCH3 is 1. The molecule has 124 valence electrons. The molecule has 1 aliphatic heterocycles. The van der Waals surface area contributed by atoms with Gasteiger partial charge in [0.1, 0.15) is 17.6 Å². The first-order chi connectivity index (χ1) is 11.4. The van der Waals surface area contributed by atoms with Gasteiger partial charge in [0.25, 0.3) is 0 Å². The first-order valence-corrected chi connectivity index (χ1v) is 7.24. The number of halogens is 1. The average molecular weight is 329 g/mol. The second-order valence-electron chi connectivity index (χ2n) is 5.46. The second kappa shape index (κ2) is 5.88. The van der Waals surface area contributed by atoms with Crippen LogP contribution in [0, 0.1) is 11.7 Å². The van der Waals surface area contributed by atoms with Gasteiger partial charge in [-0.15, -0.1) is 0 Å². The largest absolute Gasteiger partial charge is 0.468 e. The molecule has 0 radical (unpaired) electrons. The van der Waals surface area contributed by atoms with Crippen molar-refractivity contribution in [3.8, 4) is 0 Å². The maximum Gasteiger partial charge on any atom is 0.315 e. The molecule has 1 aliphatic rings. The highest BCUT2D eigenvalue weighted by atomic mass is 19.1. The van der Waals surface area contributed by atoms with Gasteiger partial charge in [-0.2, -0.15) is 9.97 Å². The number of esters is 1. The van der Waals surface area contributed by atoms with E-state index >= 15 is 0 Å². The number of aliphatic imine (C=N–C) groups is 1. The van der Waals surface area contributed by atoms with Crippen molar-refractivity contribution in [2.75, 3.05) is 18.6 Å². The van der Waals surface area contributed by atoms with E-state index < -0.39 is 23.6 Å². The number of carbonyl (C=O) groups excluding carboxylic acids is 1. The fourth-order valence-electron chi connectivity index (χ4n) is 3.02. The number of fused-ring (bicyclic) bond motifs is 1. The smallest absolute Gasteiger partial charge is 0.315 e. The Hall–Kier alpha value is -3.03. The fraction of sp³-hybridized carbons (Fsp3) is 0.250. The van der Waals surface area contributed by atoms with Crippen LogP contribution in [0.1, 0.15) is 24.0 Å². The summed E-state index contributed by atoms with van der Waals surface area (Å²) in [6.07, 6.45) is 0. The van der Waals surface area contributed by atoms with Gasteiger partial charge in [0.05, 0.1) is 7.11 Å². The molecule has 2 unspecified atom stereocenters. The van der Waals surface area contributed by atoms with Crippen LogP contribution >= 0.6 is 0 Å². The Morgan fingerprint density at radius 2 is 1.96 bits per heavy atom. The van der Waals surface area contributed by atoms with E-state index in [4.69, 9.17) is 16.2 Å². The number of benzene rings is 1. The highest BCUT2D eigenvalue weighted by Crippen LogP contribution is 2.45. The third kappa shape index (κ3) is 2.45. The molecule has 0 bridgehead atoms. The summed E-state index contributed by atoms with van der Waals surface area (Å²) < 4.78 is 19.3. The molecule has 1 aromatic heterocycles. The van der Waals surface area contributed by atoms with Crippen LogP contribution in [0.15, 0.2) is 29.3 Å². The molecule has 0 aliphatic carbocycles. The lowest BCUT2D eigenvalue weighted by Gasteiger charge is -2.31. The van der Waals surface area contributed by atoms with E-state index in [1.807, 2.05) is 0 Å². The molecular formula is C16H16FN5O2. The molecule has 0 saturated carbocycles. The summed E-state index contributed by atoms with van der Waals surface area (Å²) in [5.74, 6) is -2.30. The zero-order chi connectivity index (χ0) is 17.4. The zero-order valence-corrected chi connectivity index (χ0v) is 13.2. The van der Waals surface area contributed by atoms with Crippen LogP contribution in [-0.4, -0.2) is 28.8 Å². The SMILES string of the molecule is COC(=O)C1C(C)=Nc2nc(N)nc(N)c2C1c1ccccc1F. The summed E-state index contributed by atoms with van der Waals surface area (Å²) in [7, 11) is 1.27. The highest BCUT2D eigenvalue weighted by molar-refractivity contribution is 6.05. The van der Waals surface area contributed by atoms with Crippen LogP contribution in [0.25, 0.3) is 0 Å². The molecule has 2 aromatic rings. The lowest BCUT2D eigenvalue weighted by molar-refractivity contribution is -0.143. The van der Waals surface area contributed by atoms with Crippen LogP contribution in [0.2, 0.25) is 0 Å². The van der Waals surface area contributed by atoms with Gasteiger partial charge in [0.2, 0.25) is 5.95 Å². The first kappa shape index (κ1) is 15.9. The number of nitrogen functional groups attached to an aromatic ring is 2. The molecule has 3 rings (SSSR count). The van der Waals surface area contributed by atoms with Gasteiger partial charge in [-0.05, 0) is 18.6 Å². The van der Waals surface area contributed by atoms with E-state index in [1.165, 1.54) is 13.2 Å². The Morgan fingerprint density at radius 3 is 2.62 bits per heavy atom. The second-order valence-corrected chi connectivity index (χ2v) is 5.46. The topological polar surface area (TPSA) is 116 Å². The normalized spacial score (nSPS) is 19.4. The van der Waals surface area contributed by atoms with Crippen LogP contribution in [0.4, 0.5) is 22.0 Å². The lowest BCUT2D eigenvalue weighted by Crippen LogP contribution is -2.34. The molecule has 7 nitrogen and oxygen atoms in total. The number of nitrogens with two attached hydrogens (primary N) is 2. The molecule has 0 saturated heterocycles. The summed E-state index contributed by atoms with van der Waals surface area (Å²) in [5, 5.41) is 0. The summed E-state index contributed by atoms with van der Waals surface area (Å²) in [6.45, 7) is 1.66. The van der Waals surface area contributed by atoms with Crippen molar-refractivity contribution >= 4 is 29.3 Å². The molecule has 0 spiro atoms. The van der Waals surface area contributed by atoms with Crippen molar-refractivity contribution in [1.82, 2.24) is 9.97 Å². The van der Waals surface area contributed by atoms with Crippen LogP contribution in [0.3, 0.4) is 0 Å². The fourth-order valence-corrected chi connectivity index (χ4v) is 3.02. The number of carbonyl (C=O) groups is 1. The number of ether oxygens (including phenoxy) is 1. The molecule has 0 fully saturated rings. The van der Waals surface area contributed by atoms with Crippen molar-refractivity contribution < 1.29 is 13.9 Å². The van der Waals surface area contributed by atoms with Gasteiger partial charge >= 0.3 is 5.97 Å². The van der Waals surface area contributed by atoms with Crippen LogP contribution in [-0.2, 0) is 9.53 Å². The van der Waals surface area contributed by atoms with Crippen molar-refractivity contribution in [1.29, 1.82) is 0 Å². The third-order valence-electron chi connectivity index (χ3n) is 4.04. The van der Waals surface area contributed by atoms with Crippen LogP contribution in [0.5, 0.6) is 0 Å². The molecule has 24 heavy (non-hydrogen) atoms. The number of rotatable bonds is 2. The molecule has 8 heteroatoms. The van der Waals surface area contributed by atoms with Gasteiger partial charge in [-0.1, -0.05) is 18.2 Å². The van der Waals surface area contributed by atoms with E-state index in [9.17, 15) is 9.18 Å². The Kier molecular flexibility index (Phi) is 3.88.